The minimum atomic E-state index is -0.948. The zero-order valence-electron chi connectivity index (χ0n) is 13.8. The molecular weight excluding hydrogens is 322 g/mol. The summed E-state index contributed by atoms with van der Waals surface area (Å²) in [5.74, 6) is -0.731. The number of nitrogens with one attached hydrogen (secondary N) is 2. The molecule has 0 aliphatic carbocycles. The minimum absolute atomic E-state index is 0.233. The molecule has 128 valence electrons. The molecule has 0 aromatic heterocycles. The number of imide groups is 1. The van der Waals surface area contributed by atoms with Crippen LogP contribution in [0.3, 0.4) is 0 Å². The molecule has 2 aromatic carbocycles. The number of benzene rings is 2. The van der Waals surface area contributed by atoms with Gasteiger partial charge >= 0.3 is 6.09 Å². The van der Waals surface area contributed by atoms with Crippen molar-refractivity contribution in [1.82, 2.24) is 5.32 Å². The highest BCUT2D eigenvalue weighted by Gasteiger charge is 2.33. The third-order valence-corrected chi connectivity index (χ3v) is 3.81. The van der Waals surface area contributed by atoms with Crippen LogP contribution >= 0.6 is 0 Å². The topological polar surface area (TPSA) is 87.7 Å². The van der Waals surface area contributed by atoms with E-state index in [9.17, 15) is 14.4 Å². The summed E-state index contributed by atoms with van der Waals surface area (Å²) in [6, 6.07) is 13.8. The summed E-state index contributed by atoms with van der Waals surface area (Å²) in [4.78, 5) is 36.9. The highest BCUT2D eigenvalue weighted by atomic mass is 16.6. The Kier molecular flexibility index (Phi) is 4.38. The fourth-order valence-electron chi connectivity index (χ4n) is 2.43. The Bertz CT molecular complexity index is 813. The first kappa shape index (κ1) is 16.5. The minimum Gasteiger partial charge on any atom is -0.431 e. The van der Waals surface area contributed by atoms with E-state index in [1.807, 2.05) is 31.1 Å². The Hall–Kier alpha value is -3.35. The molecule has 1 saturated heterocycles. The van der Waals surface area contributed by atoms with Gasteiger partial charge < -0.3 is 15.0 Å². The van der Waals surface area contributed by atoms with Crippen LogP contribution in [0.15, 0.2) is 48.5 Å². The lowest BCUT2D eigenvalue weighted by Gasteiger charge is -2.13. The van der Waals surface area contributed by atoms with Gasteiger partial charge in [-0.15, -0.1) is 0 Å². The molecule has 0 radical (unpaired) electrons. The molecule has 1 fully saturated rings. The first-order valence-electron chi connectivity index (χ1n) is 7.64. The molecule has 1 unspecified atom stereocenters. The van der Waals surface area contributed by atoms with E-state index in [0.29, 0.717) is 16.8 Å². The molecule has 3 amide bonds. The van der Waals surface area contributed by atoms with E-state index in [1.165, 1.54) is 0 Å². The monoisotopic (exact) mass is 339 g/mol. The Labute approximate surface area is 144 Å². The van der Waals surface area contributed by atoms with Gasteiger partial charge in [0.25, 0.3) is 11.8 Å². The summed E-state index contributed by atoms with van der Waals surface area (Å²) in [6.07, 6.45) is -1.70. The van der Waals surface area contributed by atoms with Crippen molar-refractivity contribution in [2.45, 2.75) is 6.10 Å². The predicted octanol–water partition coefficient (Wildman–Crippen LogP) is 2.31. The van der Waals surface area contributed by atoms with Crippen molar-refractivity contribution in [1.29, 1.82) is 0 Å². The predicted molar refractivity (Wildman–Crippen MR) is 92.5 cm³/mol. The molecule has 1 aliphatic heterocycles. The molecule has 1 aliphatic rings. The smallest absolute Gasteiger partial charge is 0.415 e. The summed E-state index contributed by atoms with van der Waals surface area (Å²) < 4.78 is 4.89. The van der Waals surface area contributed by atoms with Crippen molar-refractivity contribution >= 4 is 29.3 Å². The van der Waals surface area contributed by atoms with E-state index >= 15 is 0 Å². The van der Waals surface area contributed by atoms with Crippen LogP contribution in [0.4, 0.5) is 16.2 Å². The number of carbonyl (C=O) groups is 3. The van der Waals surface area contributed by atoms with Crippen LogP contribution in [0.5, 0.6) is 0 Å². The van der Waals surface area contributed by atoms with Crippen LogP contribution in [-0.4, -0.2) is 32.0 Å². The molecule has 7 heteroatoms. The molecule has 2 N–H and O–H groups in total. The lowest BCUT2D eigenvalue weighted by Crippen LogP contribution is -2.20. The fourth-order valence-corrected chi connectivity index (χ4v) is 2.43. The number of hydrogen-bond donors (Lipinski definition) is 2. The van der Waals surface area contributed by atoms with E-state index in [-0.39, 0.29) is 5.91 Å². The Morgan fingerprint density at radius 2 is 1.68 bits per heavy atom. The van der Waals surface area contributed by atoms with Gasteiger partial charge in [0.2, 0.25) is 6.10 Å². The first-order chi connectivity index (χ1) is 11.9. The van der Waals surface area contributed by atoms with Crippen LogP contribution in [-0.2, 0) is 9.53 Å². The van der Waals surface area contributed by atoms with E-state index in [2.05, 4.69) is 10.6 Å². The van der Waals surface area contributed by atoms with Gasteiger partial charge in [0.15, 0.2) is 0 Å². The average molecular weight is 339 g/mol. The largest absolute Gasteiger partial charge is 0.431 e. The van der Waals surface area contributed by atoms with Gasteiger partial charge in [0, 0.05) is 36.6 Å². The quantitative estimate of drug-likeness (QED) is 0.892. The highest BCUT2D eigenvalue weighted by Crippen LogP contribution is 2.23. The molecule has 0 saturated carbocycles. The van der Waals surface area contributed by atoms with Crippen molar-refractivity contribution in [3.8, 4) is 0 Å². The molecule has 3 rings (SSSR count). The number of carbonyl (C=O) groups excluding carboxylic acids is 3. The number of hydrogen-bond acceptors (Lipinski definition) is 5. The SMILES string of the molecule is CN(C)c1ccc(C(=O)Nc2ccc(C3OC(=O)NC3=O)cc2)cc1. The van der Waals surface area contributed by atoms with Crippen LogP contribution in [0.2, 0.25) is 0 Å². The van der Waals surface area contributed by atoms with E-state index in [4.69, 9.17) is 4.74 Å². The maximum atomic E-state index is 12.3. The second kappa shape index (κ2) is 6.64. The van der Waals surface area contributed by atoms with Gasteiger partial charge in [0.1, 0.15) is 0 Å². The molecule has 7 nitrogen and oxygen atoms in total. The van der Waals surface area contributed by atoms with Crippen LogP contribution in [0.25, 0.3) is 0 Å². The average Bonchev–Trinajstić information content (AvgIpc) is 2.94. The van der Waals surface area contributed by atoms with Gasteiger partial charge in [-0.2, -0.15) is 0 Å². The highest BCUT2D eigenvalue weighted by molar-refractivity contribution is 6.04. The van der Waals surface area contributed by atoms with Crippen molar-refractivity contribution in [2.75, 3.05) is 24.3 Å². The number of rotatable bonds is 4. The number of amides is 3. The third kappa shape index (κ3) is 3.60. The second-order valence-corrected chi connectivity index (χ2v) is 5.79. The lowest BCUT2D eigenvalue weighted by atomic mass is 10.1. The first-order valence-corrected chi connectivity index (χ1v) is 7.64. The summed E-state index contributed by atoms with van der Waals surface area (Å²) in [6.45, 7) is 0. The van der Waals surface area contributed by atoms with Gasteiger partial charge in [-0.1, -0.05) is 12.1 Å². The van der Waals surface area contributed by atoms with E-state index in [1.54, 1.807) is 36.4 Å². The molecule has 1 heterocycles. The molecule has 0 spiro atoms. The molecule has 2 aromatic rings. The summed E-state index contributed by atoms with van der Waals surface area (Å²) >= 11 is 0. The van der Waals surface area contributed by atoms with Crippen LogP contribution in [0, 0.1) is 0 Å². The normalized spacial score (nSPS) is 16.2. The van der Waals surface area contributed by atoms with Crippen LogP contribution < -0.4 is 15.5 Å². The van der Waals surface area contributed by atoms with Gasteiger partial charge in [-0.3, -0.25) is 14.9 Å². The molecular formula is C18H17N3O4. The molecule has 1 atom stereocenters. The number of cyclic esters (lactones) is 1. The summed E-state index contributed by atoms with van der Waals surface area (Å²) in [5, 5.41) is 4.86. The van der Waals surface area contributed by atoms with Crippen molar-refractivity contribution in [2.24, 2.45) is 0 Å². The number of anilines is 2. The second-order valence-electron chi connectivity index (χ2n) is 5.79. The van der Waals surface area contributed by atoms with Crippen molar-refractivity contribution in [3.63, 3.8) is 0 Å². The van der Waals surface area contributed by atoms with E-state index < -0.39 is 18.1 Å². The maximum Gasteiger partial charge on any atom is 0.415 e. The van der Waals surface area contributed by atoms with Gasteiger partial charge in [-0.25, -0.2) is 4.79 Å². The van der Waals surface area contributed by atoms with Crippen molar-refractivity contribution in [3.05, 3.63) is 59.7 Å². The summed E-state index contributed by atoms with van der Waals surface area (Å²) in [5.41, 5.74) is 2.66. The fraction of sp³-hybridized carbons (Fsp3) is 0.167. The Morgan fingerprint density at radius 1 is 1.04 bits per heavy atom. The number of alkyl carbamates (subject to hydrolysis) is 1. The number of ether oxygens (including phenoxy) is 1. The van der Waals surface area contributed by atoms with Crippen LogP contribution in [0.1, 0.15) is 22.0 Å². The van der Waals surface area contributed by atoms with Gasteiger partial charge in [0.05, 0.1) is 0 Å². The van der Waals surface area contributed by atoms with Gasteiger partial charge in [-0.05, 0) is 36.4 Å². The molecule has 25 heavy (non-hydrogen) atoms. The summed E-state index contributed by atoms with van der Waals surface area (Å²) in [7, 11) is 3.86. The lowest BCUT2D eigenvalue weighted by molar-refractivity contribution is -0.123. The van der Waals surface area contributed by atoms with E-state index in [0.717, 1.165) is 5.69 Å². The zero-order chi connectivity index (χ0) is 18.0. The Balaban J connectivity index is 1.67. The number of nitrogens with zero attached hydrogens (tertiary/aromatic N) is 1. The Morgan fingerprint density at radius 3 is 2.20 bits per heavy atom. The maximum absolute atomic E-state index is 12.3. The molecule has 0 bridgehead atoms. The zero-order valence-corrected chi connectivity index (χ0v) is 13.8. The third-order valence-electron chi connectivity index (χ3n) is 3.81. The van der Waals surface area contributed by atoms with Crippen molar-refractivity contribution < 1.29 is 19.1 Å². The standard InChI is InChI=1S/C18H17N3O4/c1-21(2)14-9-5-12(6-10-14)16(22)19-13-7-3-11(4-8-13)15-17(23)20-18(24)25-15/h3-10,15H,1-2H3,(H,19,22)(H,20,23,24).